The van der Waals surface area contributed by atoms with Gasteiger partial charge in [-0.3, -0.25) is 14.3 Å². The van der Waals surface area contributed by atoms with Crippen molar-refractivity contribution in [1.82, 2.24) is 19.9 Å². The maximum atomic E-state index is 12.6. The van der Waals surface area contributed by atoms with E-state index in [1.807, 2.05) is 36.4 Å². The highest BCUT2D eigenvalue weighted by Crippen LogP contribution is 2.26. The third kappa shape index (κ3) is 4.95. The summed E-state index contributed by atoms with van der Waals surface area (Å²) in [5.74, 6) is 0.673. The standard InChI is InChI=1S/C21H22ClN5O.2ClH/c1-14-12-24-19(15-3-5-17(22)6-4-15)13-27(14)21-25-18(11-20(28)26(21)2)16-7-9-23-10-8-16;;/h3-11,14,19,24H,12-13H2,1-2H3;2*1H/t14-,19?;;/m1../s1. The van der Waals surface area contributed by atoms with Crippen LogP contribution in [0, 0.1) is 0 Å². The molecule has 1 saturated heterocycles. The zero-order valence-electron chi connectivity index (χ0n) is 16.7. The number of nitrogens with one attached hydrogen (secondary N) is 1. The van der Waals surface area contributed by atoms with Crippen LogP contribution in [-0.4, -0.2) is 33.7 Å². The van der Waals surface area contributed by atoms with Gasteiger partial charge in [0.2, 0.25) is 5.95 Å². The number of hydrogen-bond donors (Lipinski definition) is 1. The lowest BCUT2D eigenvalue weighted by atomic mass is 10.0. The molecule has 1 aliphatic heterocycles. The normalized spacial score (nSPS) is 18.3. The fourth-order valence-electron chi connectivity index (χ4n) is 3.52. The van der Waals surface area contributed by atoms with Gasteiger partial charge in [0.05, 0.1) is 5.69 Å². The van der Waals surface area contributed by atoms with Crippen LogP contribution in [0.25, 0.3) is 11.3 Å². The Hall–Kier alpha value is -2.12. The molecule has 3 heterocycles. The Balaban J connectivity index is 0.00000160. The molecule has 2 aromatic heterocycles. The summed E-state index contributed by atoms with van der Waals surface area (Å²) >= 11 is 6.03. The van der Waals surface area contributed by atoms with Gasteiger partial charge in [0, 0.05) is 61.3 Å². The lowest BCUT2D eigenvalue weighted by Crippen LogP contribution is -2.53. The van der Waals surface area contributed by atoms with E-state index in [1.54, 1.807) is 30.1 Å². The second-order valence-corrected chi connectivity index (χ2v) is 7.52. The van der Waals surface area contributed by atoms with Gasteiger partial charge in [-0.05, 0) is 36.8 Å². The molecule has 1 fully saturated rings. The summed E-state index contributed by atoms with van der Waals surface area (Å²) in [5.41, 5.74) is 2.63. The molecule has 1 unspecified atom stereocenters. The quantitative estimate of drug-likeness (QED) is 0.632. The lowest BCUT2D eigenvalue weighted by molar-refractivity contribution is 0.405. The van der Waals surface area contributed by atoms with E-state index in [4.69, 9.17) is 16.6 Å². The minimum atomic E-state index is -0.0782. The van der Waals surface area contributed by atoms with Crippen LogP contribution in [-0.2, 0) is 7.05 Å². The average molecular weight is 469 g/mol. The van der Waals surface area contributed by atoms with Crippen molar-refractivity contribution in [3.8, 4) is 11.3 Å². The summed E-state index contributed by atoms with van der Waals surface area (Å²) in [5, 5.41) is 4.30. The topological polar surface area (TPSA) is 63.0 Å². The Morgan fingerprint density at radius 2 is 1.77 bits per heavy atom. The van der Waals surface area contributed by atoms with Gasteiger partial charge in [0.15, 0.2) is 0 Å². The SMILES string of the molecule is C[C@@H]1CNC(c2ccc(Cl)cc2)CN1c1nc(-c2ccncc2)cc(=O)n1C.Cl.Cl. The summed E-state index contributed by atoms with van der Waals surface area (Å²) < 4.78 is 1.62. The average Bonchev–Trinajstić information content (AvgIpc) is 2.72. The van der Waals surface area contributed by atoms with Crippen LogP contribution < -0.4 is 15.8 Å². The highest BCUT2D eigenvalue weighted by molar-refractivity contribution is 6.30. The smallest absolute Gasteiger partial charge is 0.255 e. The first kappa shape index (κ1) is 24.2. The van der Waals surface area contributed by atoms with Crippen molar-refractivity contribution in [2.24, 2.45) is 7.05 Å². The fourth-order valence-corrected chi connectivity index (χ4v) is 3.64. The molecule has 160 valence electrons. The van der Waals surface area contributed by atoms with E-state index in [-0.39, 0.29) is 42.5 Å². The second kappa shape index (κ2) is 10.3. The molecule has 1 N–H and O–H groups in total. The summed E-state index contributed by atoms with van der Waals surface area (Å²) in [7, 11) is 1.77. The fraction of sp³-hybridized carbons (Fsp3) is 0.286. The maximum absolute atomic E-state index is 12.6. The highest BCUT2D eigenvalue weighted by atomic mass is 35.5. The number of hydrogen-bond acceptors (Lipinski definition) is 5. The van der Waals surface area contributed by atoms with Gasteiger partial charge in [-0.2, -0.15) is 0 Å². The molecule has 30 heavy (non-hydrogen) atoms. The third-order valence-electron chi connectivity index (χ3n) is 5.19. The number of halogens is 3. The summed E-state index contributed by atoms with van der Waals surface area (Å²) in [6.07, 6.45) is 3.41. The monoisotopic (exact) mass is 467 g/mol. The van der Waals surface area contributed by atoms with E-state index < -0.39 is 0 Å². The van der Waals surface area contributed by atoms with Crippen LogP contribution in [0.2, 0.25) is 5.02 Å². The third-order valence-corrected chi connectivity index (χ3v) is 5.44. The van der Waals surface area contributed by atoms with Gasteiger partial charge in [0.1, 0.15) is 0 Å². The van der Waals surface area contributed by atoms with Crippen LogP contribution in [0.5, 0.6) is 0 Å². The molecular weight excluding hydrogens is 445 g/mol. The zero-order chi connectivity index (χ0) is 19.7. The molecule has 4 rings (SSSR count). The number of pyridine rings is 1. The Kier molecular flexibility index (Phi) is 8.26. The number of nitrogens with zero attached hydrogens (tertiary/aromatic N) is 4. The van der Waals surface area contributed by atoms with Gasteiger partial charge in [-0.1, -0.05) is 23.7 Å². The van der Waals surface area contributed by atoms with Gasteiger partial charge in [-0.15, -0.1) is 24.8 Å². The predicted octanol–water partition coefficient (Wildman–Crippen LogP) is 3.88. The van der Waals surface area contributed by atoms with Crippen molar-refractivity contribution in [1.29, 1.82) is 0 Å². The largest absolute Gasteiger partial charge is 0.336 e. The zero-order valence-corrected chi connectivity index (χ0v) is 19.0. The van der Waals surface area contributed by atoms with Crippen LogP contribution >= 0.6 is 36.4 Å². The molecule has 0 bridgehead atoms. The first-order valence-corrected chi connectivity index (χ1v) is 9.64. The predicted molar refractivity (Wildman–Crippen MR) is 126 cm³/mol. The second-order valence-electron chi connectivity index (χ2n) is 7.09. The van der Waals surface area contributed by atoms with Crippen molar-refractivity contribution < 1.29 is 0 Å². The van der Waals surface area contributed by atoms with Crippen molar-refractivity contribution >= 4 is 42.4 Å². The molecule has 2 atom stereocenters. The molecule has 0 aliphatic carbocycles. The number of piperazine rings is 1. The van der Waals surface area contributed by atoms with E-state index >= 15 is 0 Å². The van der Waals surface area contributed by atoms with Gasteiger partial charge >= 0.3 is 0 Å². The summed E-state index contributed by atoms with van der Waals surface area (Å²) in [4.78, 5) is 23.7. The molecule has 6 nitrogen and oxygen atoms in total. The highest BCUT2D eigenvalue weighted by Gasteiger charge is 2.29. The van der Waals surface area contributed by atoms with Gasteiger partial charge < -0.3 is 10.2 Å². The molecule has 0 amide bonds. The molecule has 3 aromatic rings. The van der Waals surface area contributed by atoms with Crippen molar-refractivity contribution in [2.45, 2.75) is 19.0 Å². The van der Waals surface area contributed by atoms with Crippen LogP contribution in [0.3, 0.4) is 0 Å². The first-order chi connectivity index (χ1) is 13.5. The van der Waals surface area contributed by atoms with E-state index in [9.17, 15) is 4.79 Å². The van der Waals surface area contributed by atoms with Gasteiger partial charge in [-0.25, -0.2) is 4.98 Å². The molecule has 0 saturated carbocycles. The van der Waals surface area contributed by atoms with E-state index in [2.05, 4.69) is 22.1 Å². The minimum absolute atomic E-state index is 0. The van der Waals surface area contributed by atoms with Crippen LogP contribution in [0.4, 0.5) is 5.95 Å². The minimum Gasteiger partial charge on any atom is -0.336 e. The summed E-state index contributed by atoms with van der Waals surface area (Å²) in [6.45, 7) is 3.64. The Morgan fingerprint density at radius 1 is 1.10 bits per heavy atom. The molecule has 0 radical (unpaired) electrons. The first-order valence-electron chi connectivity index (χ1n) is 9.27. The van der Waals surface area contributed by atoms with Crippen LogP contribution in [0.15, 0.2) is 59.7 Å². The molecule has 0 spiro atoms. The van der Waals surface area contributed by atoms with E-state index in [1.165, 1.54) is 0 Å². The number of aromatic nitrogens is 3. The van der Waals surface area contributed by atoms with Crippen molar-refractivity contribution in [3.05, 3.63) is 75.8 Å². The lowest BCUT2D eigenvalue weighted by Gasteiger charge is -2.40. The molecule has 1 aliphatic rings. The molecular formula is C21H24Cl3N5O. The van der Waals surface area contributed by atoms with Crippen molar-refractivity contribution in [2.75, 3.05) is 18.0 Å². The van der Waals surface area contributed by atoms with Crippen molar-refractivity contribution in [3.63, 3.8) is 0 Å². The number of benzene rings is 1. The Labute approximate surface area is 193 Å². The number of rotatable bonds is 3. The maximum Gasteiger partial charge on any atom is 0.255 e. The Morgan fingerprint density at radius 3 is 2.43 bits per heavy atom. The molecule has 9 heteroatoms. The van der Waals surface area contributed by atoms with E-state index in [0.717, 1.165) is 22.7 Å². The number of anilines is 1. The van der Waals surface area contributed by atoms with E-state index in [0.29, 0.717) is 18.2 Å². The van der Waals surface area contributed by atoms with Gasteiger partial charge in [0.25, 0.3) is 5.56 Å². The Bertz CT molecular complexity index is 1030. The summed E-state index contributed by atoms with van der Waals surface area (Å²) in [6, 6.07) is 13.5. The van der Waals surface area contributed by atoms with Crippen LogP contribution in [0.1, 0.15) is 18.5 Å². The molecule has 1 aromatic carbocycles.